The number of aryl methyl sites for hydroxylation is 1. The zero-order valence-electron chi connectivity index (χ0n) is 13.1. The van der Waals surface area contributed by atoms with Gasteiger partial charge in [-0.1, -0.05) is 47.5 Å². The standard InChI is InChI=1S/C19H22O2/c1-14(2)11-17-9-10-18(20-4)19(12-17)21-13-16-7-5-15(3)6-8-16/h5-12H,13H2,1-4H3. The lowest BCUT2D eigenvalue weighted by Crippen LogP contribution is -1.98. The Labute approximate surface area is 127 Å². The van der Waals surface area contributed by atoms with Gasteiger partial charge < -0.3 is 9.47 Å². The molecule has 0 atom stereocenters. The van der Waals surface area contributed by atoms with Crippen LogP contribution in [-0.4, -0.2) is 7.11 Å². The maximum atomic E-state index is 5.92. The zero-order valence-corrected chi connectivity index (χ0v) is 13.1. The van der Waals surface area contributed by atoms with Crippen molar-refractivity contribution in [3.8, 4) is 11.5 Å². The third-order valence-corrected chi connectivity index (χ3v) is 3.16. The number of allylic oxidation sites excluding steroid dienone is 1. The van der Waals surface area contributed by atoms with Crippen LogP contribution in [0.3, 0.4) is 0 Å². The number of methoxy groups -OCH3 is 1. The molecule has 0 spiro atoms. The molecule has 0 bridgehead atoms. The van der Waals surface area contributed by atoms with Gasteiger partial charge in [-0.2, -0.15) is 0 Å². The Bertz CT molecular complexity index is 621. The van der Waals surface area contributed by atoms with E-state index >= 15 is 0 Å². The molecule has 0 aliphatic rings. The minimum Gasteiger partial charge on any atom is -0.493 e. The molecule has 2 aromatic carbocycles. The van der Waals surface area contributed by atoms with E-state index < -0.39 is 0 Å². The first-order chi connectivity index (χ1) is 10.1. The fourth-order valence-corrected chi connectivity index (χ4v) is 2.07. The number of hydrogen-bond donors (Lipinski definition) is 0. The van der Waals surface area contributed by atoms with Crippen LogP contribution < -0.4 is 9.47 Å². The summed E-state index contributed by atoms with van der Waals surface area (Å²) in [4.78, 5) is 0. The lowest BCUT2D eigenvalue weighted by atomic mass is 10.1. The van der Waals surface area contributed by atoms with Crippen LogP contribution in [0.2, 0.25) is 0 Å². The average Bonchev–Trinajstić information content (AvgIpc) is 2.46. The first kappa shape index (κ1) is 15.2. The molecule has 0 radical (unpaired) electrons. The molecule has 0 fully saturated rings. The van der Waals surface area contributed by atoms with Crippen molar-refractivity contribution in [2.24, 2.45) is 0 Å². The fraction of sp³-hybridized carbons (Fsp3) is 0.263. The van der Waals surface area contributed by atoms with Gasteiger partial charge >= 0.3 is 0 Å². The van der Waals surface area contributed by atoms with Gasteiger partial charge in [-0.25, -0.2) is 0 Å². The summed E-state index contributed by atoms with van der Waals surface area (Å²) >= 11 is 0. The minimum atomic E-state index is 0.537. The van der Waals surface area contributed by atoms with Crippen LogP contribution in [0.25, 0.3) is 6.08 Å². The predicted octanol–water partition coefficient (Wildman–Crippen LogP) is 5.01. The summed E-state index contributed by atoms with van der Waals surface area (Å²) in [6.07, 6.45) is 2.12. The molecule has 0 amide bonds. The maximum absolute atomic E-state index is 5.92. The van der Waals surface area contributed by atoms with E-state index in [-0.39, 0.29) is 0 Å². The van der Waals surface area contributed by atoms with Crippen molar-refractivity contribution in [2.75, 3.05) is 7.11 Å². The smallest absolute Gasteiger partial charge is 0.162 e. The highest BCUT2D eigenvalue weighted by molar-refractivity contribution is 5.57. The number of benzene rings is 2. The van der Waals surface area contributed by atoms with Crippen LogP contribution in [0.1, 0.15) is 30.5 Å². The van der Waals surface area contributed by atoms with Crippen LogP contribution in [0.4, 0.5) is 0 Å². The first-order valence-electron chi connectivity index (χ1n) is 7.10. The Morgan fingerprint density at radius 1 is 1.00 bits per heavy atom. The van der Waals surface area contributed by atoms with Gasteiger partial charge in [-0.3, -0.25) is 0 Å². The molecule has 2 rings (SSSR count). The number of hydrogen-bond acceptors (Lipinski definition) is 2. The highest BCUT2D eigenvalue weighted by atomic mass is 16.5. The van der Waals surface area contributed by atoms with Gasteiger partial charge in [0.05, 0.1) is 7.11 Å². The van der Waals surface area contributed by atoms with Crippen LogP contribution >= 0.6 is 0 Å². The van der Waals surface area contributed by atoms with Gasteiger partial charge in [0.15, 0.2) is 11.5 Å². The molecule has 0 unspecified atom stereocenters. The molecule has 0 saturated heterocycles. The van der Waals surface area contributed by atoms with Gasteiger partial charge in [0.2, 0.25) is 0 Å². The maximum Gasteiger partial charge on any atom is 0.162 e. The molecule has 0 heterocycles. The second-order valence-corrected chi connectivity index (χ2v) is 5.41. The Morgan fingerprint density at radius 2 is 1.71 bits per heavy atom. The highest BCUT2D eigenvalue weighted by Crippen LogP contribution is 2.29. The van der Waals surface area contributed by atoms with E-state index in [0.29, 0.717) is 6.61 Å². The van der Waals surface area contributed by atoms with Crippen molar-refractivity contribution in [3.63, 3.8) is 0 Å². The van der Waals surface area contributed by atoms with Crippen LogP contribution in [0, 0.1) is 6.92 Å². The molecular weight excluding hydrogens is 260 g/mol. The lowest BCUT2D eigenvalue weighted by molar-refractivity contribution is 0.284. The van der Waals surface area contributed by atoms with E-state index in [1.54, 1.807) is 7.11 Å². The molecule has 0 N–H and O–H groups in total. The number of rotatable bonds is 5. The number of ether oxygens (including phenoxy) is 2. The Balaban J connectivity index is 2.17. The van der Waals surface area contributed by atoms with Crippen molar-refractivity contribution >= 4 is 6.08 Å². The Kier molecular flexibility index (Phi) is 5.04. The lowest BCUT2D eigenvalue weighted by Gasteiger charge is -2.12. The first-order valence-corrected chi connectivity index (χ1v) is 7.10. The van der Waals surface area contributed by atoms with Crippen LogP contribution in [0.15, 0.2) is 48.0 Å². The predicted molar refractivity (Wildman–Crippen MR) is 87.8 cm³/mol. The Hall–Kier alpha value is -2.22. The van der Waals surface area contributed by atoms with E-state index in [0.717, 1.165) is 22.6 Å². The van der Waals surface area contributed by atoms with Crippen molar-refractivity contribution < 1.29 is 9.47 Å². The fourth-order valence-electron chi connectivity index (χ4n) is 2.07. The third kappa shape index (κ3) is 4.38. The van der Waals surface area contributed by atoms with Crippen LogP contribution in [-0.2, 0) is 6.61 Å². The second-order valence-electron chi connectivity index (χ2n) is 5.41. The molecule has 0 aliphatic carbocycles. The van der Waals surface area contributed by atoms with E-state index in [1.807, 2.05) is 18.2 Å². The van der Waals surface area contributed by atoms with E-state index in [2.05, 4.69) is 51.1 Å². The molecule has 2 nitrogen and oxygen atoms in total. The van der Waals surface area contributed by atoms with Crippen molar-refractivity contribution in [1.82, 2.24) is 0 Å². The molecule has 110 valence electrons. The van der Waals surface area contributed by atoms with Crippen molar-refractivity contribution in [1.29, 1.82) is 0 Å². The molecule has 0 aliphatic heterocycles. The minimum absolute atomic E-state index is 0.537. The molecule has 0 saturated carbocycles. The summed E-state index contributed by atoms with van der Waals surface area (Å²) in [7, 11) is 1.66. The summed E-state index contributed by atoms with van der Waals surface area (Å²) in [5.74, 6) is 1.53. The molecular formula is C19H22O2. The van der Waals surface area contributed by atoms with E-state index in [9.17, 15) is 0 Å². The molecule has 21 heavy (non-hydrogen) atoms. The van der Waals surface area contributed by atoms with Gasteiger partial charge in [0.1, 0.15) is 6.61 Å². The Morgan fingerprint density at radius 3 is 2.33 bits per heavy atom. The van der Waals surface area contributed by atoms with Gasteiger partial charge in [-0.15, -0.1) is 0 Å². The van der Waals surface area contributed by atoms with Crippen LogP contribution in [0.5, 0.6) is 11.5 Å². The normalized spacial score (nSPS) is 10.1. The average molecular weight is 282 g/mol. The van der Waals surface area contributed by atoms with E-state index in [4.69, 9.17) is 9.47 Å². The largest absolute Gasteiger partial charge is 0.493 e. The highest BCUT2D eigenvalue weighted by Gasteiger charge is 2.05. The monoisotopic (exact) mass is 282 g/mol. The van der Waals surface area contributed by atoms with Gasteiger partial charge in [-0.05, 0) is 44.0 Å². The summed E-state index contributed by atoms with van der Waals surface area (Å²) < 4.78 is 11.3. The van der Waals surface area contributed by atoms with Crippen molar-refractivity contribution in [3.05, 3.63) is 64.7 Å². The van der Waals surface area contributed by atoms with E-state index in [1.165, 1.54) is 11.1 Å². The summed E-state index contributed by atoms with van der Waals surface area (Å²) in [5.41, 5.74) is 4.77. The van der Waals surface area contributed by atoms with Gasteiger partial charge in [0, 0.05) is 0 Å². The topological polar surface area (TPSA) is 18.5 Å². The second kappa shape index (κ2) is 6.98. The third-order valence-electron chi connectivity index (χ3n) is 3.16. The van der Waals surface area contributed by atoms with Crippen molar-refractivity contribution in [2.45, 2.75) is 27.4 Å². The SMILES string of the molecule is COc1ccc(C=C(C)C)cc1OCc1ccc(C)cc1. The summed E-state index contributed by atoms with van der Waals surface area (Å²) in [5, 5.41) is 0. The summed E-state index contributed by atoms with van der Waals surface area (Å²) in [6.45, 7) is 6.78. The molecule has 2 aromatic rings. The van der Waals surface area contributed by atoms with Gasteiger partial charge in [0.25, 0.3) is 0 Å². The molecule has 2 heteroatoms. The zero-order chi connectivity index (χ0) is 15.2. The quantitative estimate of drug-likeness (QED) is 0.767. The summed E-state index contributed by atoms with van der Waals surface area (Å²) in [6, 6.07) is 14.3. The molecule has 0 aromatic heterocycles.